The number of aryl methyl sites for hydroxylation is 1. The molecule has 1 aromatic heterocycles. The van der Waals surface area contributed by atoms with Crippen molar-refractivity contribution in [3.05, 3.63) is 57.9 Å². The van der Waals surface area contributed by atoms with Crippen molar-refractivity contribution in [2.24, 2.45) is 0 Å². The largest absolute Gasteiger partial charge is 0.497 e. The number of ether oxygens (including phenoxy) is 4. The molecule has 1 atom stereocenters. The Hall–Kier alpha value is -3.47. The fourth-order valence-corrected chi connectivity index (χ4v) is 4.36. The minimum atomic E-state index is -0.584. The Morgan fingerprint density at radius 2 is 1.62 bits per heavy atom. The van der Waals surface area contributed by atoms with E-state index in [-0.39, 0.29) is 11.5 Å². The molecule has 0 aliphatic carbocycles. The normalized spacial score (nSPS) is 11.7. The lowest BCUT2D eigenvalue weighted by Gasteiger charge is -2.18. The number of hydrogen-bond acceptors (Lipinski definition) is 9. The van der Waals surface area contributed by atoms with Gasteiger partial charge in [-0.25, -0.2) is 0 Å². The topological polar surface area (TPSA) is 111 Å². The van der Waals surface area contributed by atoms with Gasteiger partial charge in [0.1, 0.15) is 16.8 Å². The summed E-state index contributed by atoms with van der Waals surface area (Å²) in [6, 6.07) is 10.8. The zero-order chi connectivity index (χ0) is 23.3. The number of methoxy groups -OCH3 is 4. The zero-order valence-electron chi connectivity index (χ0n) is 18.4. The Morgan fingerprint density at radius 3 is 2.12 bits per heavy atom. The van der Waals surface area contributed by atoms with Gasteiger partial charge < -0.3 is 18.9 Å². The van der Waals surface area contributed by atoms with E-state index in [9.17, 15) is 10.1 Å². The highest BCUT2D eigenvalue weighted by Gasteiger charge is 2.26. The Morgan fingerprint density at radius 1 is 1.00 bits per heavy atom. The van der Waals surface area contributed by atoms with Gasteiger partial charge in [-0.3, -0.25) is 14.7 Å². The SMILES string of the molecule is COc1ccc(-n2c(C)nnc2S[C@@H](C[N+](=O)[O-])c2cc(OC)c(OC)c(OC)c2)cc1. The van der Waals surface area contributed by atoms with Crippen molar-refractivity contribution >= 4 is 11.8 Å². The third kappa shape index (κ3) is 4.88. The smallest absolute Gasteiger partial charge is 0.220 e. The summed E-state index contributed by atoms with van der Waals surface area (Å²) in [7, 11) is 6.10. The summed E-state index contributed by atoms with van der Waals surface area (Å²) in [5, 5.41) is 19.9. The highest BCUT2D eigenvalue weighted by Crippen LogP contribution is 2.44. The molecule has 0 amide bonds. The number of thioether (sulfide) groups is 1. The van der Waals surface area contributed by atoms with Crippen LogP contribution >= 0.6 is 11.8 Å². The summed E-state index contributed by atoms with van der Waals surface area (Å²) in [5.74, 6) is 2.63. The van der Waals surface area contributed by atoms with Crippen molar-refractivity contribution in [2.75, 3.05) is 35.0 Å². The molecule has 0 spiro atoms. The van der Waals surface area contributed by atoms with Crippen LogP contribution in [0.1, 0.15) is 16.6 Å². The molecule has 11 heteroatoms. The molecule has 0 radical (unpaired) electrons. The van der Waals surface area contributed by atoms with E-state index in [1.807, 2.05) is 35.8 Å². The number of benzene rings is 2. The second-order valence-electron chi connectivity index (χ2n) is 6.64. The van der Waals surface area contributed by atoms with Crippen molar-refractivity contribution in [1.29, 1.82) is 0 Å². The molecular formula is C21H24N4O6S. The second kappa shape index (κ2) is 10.2. The molecule has 170 valence electrons. The fourth-order valence-electron chi connectivity index (χ4n) is 3.21. The molecule has 0 unspecified atom stereocenters. The zero-order valence-corrected chi connectivity index (χ0v) is 19.2. The molecule has 0 fully saturated rings. The molecular weight excluding hydrogens is 436 g/mol. The molecule has 1 heterocycles. The van der Waals surface area contributed by atoms with E-state index < -0.39 is 5.25 Å². The maximum atomic E-state index is 11.5. The Labute approximate surface area is 189 Å². The average molecular weight is 461 g/mol. The number of nitrogens with zero attached hydrogens (tertiary/aromatic N) is 4. The van der Waals surface area contributed by atoms with Crippen LogP contribution in [-0.2, 0) is 0 Å². The van der Waals surface area contributed by atoms with Gasteiger partial charge in [-0.1, -0.05) is 11.8 Å². The van der Waals surface area contributed by atoms with Gasteiger partial charge in [0.2, 0.25) is 12.3 Å². The summed E-state index contributed by atoms with van der Waals surface area (Å²) in [4.78, 5) is 11.1. The molecule has 0 N–H and O–H groups in total. The van der Waals surface area contributed by atoms with Crippen LogP contribution in [-0.4, -0.2) is 54.7 Å². The standard InChI is InChI=1S/C21H24N4O6S/c1-13-22-23-21(25(13)15-6-8-16(28-2)9-7-15)32-19(12-24(26)27)14-10-17(29-3)20(31-5)18(11-14)30-4/h6-11,19H,12H2,1-5H3/t19-/m0/s1. The molecule has 0 saturated carbocycles. The first-order chi connectivity index (χ1) is 15.4. The third-order valence-corrected chi connectivity index (χ3v) is 5.93. The highest BCUT2D eigenvalue weighted by atomic mass is 32.2. The van der Waals surface area contributed by atoms with Crippen LogP contribution in [0.4, 0.5) is 0 Å². The molecule has 32 heavy (non-hydrogen) atoms. The molecule has 3 rings (SSSR count). The van der Waals surface area contributed by atoms with Gasteiger partial charge in [0.25, 0.3) is 0 Å². The fraction of sp³-hybridized carbons (Fsp3) is 0.333. The number of aromatic nitrogens is 3. The Bertz CT molecular complexity index is 1060. The molecule has 10 nitrogen and oxygen atoms in total. The third-order valence-electron chi connectivity index (χ3n) is 4.75. The lowest BCUT2D eigenvalue weighted by Crippen LogP contribution is -2.12. The number of rotatable bonds is 10. The average Bonchev–Trinajstić information content (AvgIpc) is 3.17. The predicted octanol–water partition coefficient (Wildman–Crippen LogP) is 3.72. The van der Waals surface area contributed by atoms with Gasteiger partial charge in [-0.2, -0.15) is 0 Å². The molecule has 0 aliphatic rings. The van der Waals surface area contributed by atoms with Gasteiger partial charge in [0.15, 0.2) is 16.7 Å². The van der Waals surface area contributed by atoms with Crippen molar-refractivity contribution in [3.8, 4) is 28.7 Å². The molecule has 2 aromatic carbocycles. The van der Waals surface area contributed by atoms with E-state index >= 15 is 0 Å². The highest BCUT2D eigenvalue weighted by molar-refractivity contribution is 7.99. The summed E-state index contributed by atoms with van der Waals surface area (Å²) < 4.78 is 23.3. The van der Waals surface area contributed by atoms with Crippen molar-refractivity contribution < 1.29 is 23.9 Å². The number of nitro groups is 1. The molecule has 0 aliphatic heterocycles. The quantitative estimate of drug-likeness (QED) is 0.254. The van der Waals surface area contributed by atoms with Gasteiger partial charge in [0, 0.05) is 10.6 Å². The van der Waals surface area contributed by atoms with E-state index in [0.717, 1.165) is 11.4 Å². The maximum absolute atomic E-state index is 11.5. The van der Waals surface area contributed by atoms with Crippen LogP contribution in [0, 0.1) is 17.0 Å². The van der Waals surface area contributed by atoms with Crippen molar-refractivity contribution in [1.82, 2.24) is 14.8 Å². The lowest BCUT2D eigenvalue weighted by atomic mass is 10.1. The van der Waals surface area contributed by atoms with Crippen LogP contribution in [0.2, 0.25) is 0 Å². The van der Waals surface area contributed by atoms with Crippen molar-refractivity contribution in [2.45, 2.75) is 17.3 Å². The van der Waals surface area contributed by atoms with E-state index in [2.05, 4.69) is 10.2 Å². The van der Waals surface area contributed by atoms with Gasteiger partial charge in [0.05, 0.1) is 28.4 Å². The summed E-state index contributed by atoms with van der Waals surface area (Å²) in [5.41, 5.74) is 1.46. The lowest BCUT2D eigenvalue weighted by molar-refractivity contribution is -0.479. The summed E-state index contributed by atoms with van der Waals surface area (Å²) >= 11 is 1.24. The minimum Gasteiger partial charge on any atom is -0.497 e. The first-order valence-corrected chi connectivity index (χ1v) is 10.4. The maximum Gasteiger partial charge on any atom is 0.220 e. The van der Waals surface area contributed by atoms with E-state index in [4.69, 9.17) is 18.9 Å². The summed E-state index contributed by atoms with van der Waals surface area (Å²) in [6.45, 7) is 1.49. The van der Waals surface area contributed by atoms with E-state index in [1.54, 1.807) is 19.2 Å². The molecule has 0 saturated heterocycles. The monoisotopic (exact) mass is 460 g/mol. The molecule has 3 aromatic rings. The van der Waals surface area contributed by atoms with Crippen molar-refractivity contribution in [3.63, 3.8) is 0 Å². The van der Waals surface area contributed by atoms with Gasteiger partial charge in [-0.05, 0) is 48.9 Å². The van der Waals surface area contributed by atoms with E-state index in [0.29, 0.717) is 33.8 Å². The minimum absolute atomic E-state index is 0.335. The molecule has 0 bridgehead atoms. The van der Waals surface area contributed by atoms with Gasteiger partial charge >= 0.3 is 0 Å². The van der Waals surface area contributed by atoms with Crippen LogP contribution in [0.25, 0.3) is 5.69 Å². The predicted molar refractivity (Wildman–Crippen MR) is 119 cm³/mol. The van der Waals surface area contributed by atoms with Crippen LogP contribution < -0.4 is 18.9 Å². The second-order valence-corrected chi connectivity index (χ2v) is 7.81. The van der Waals surface area contributed by atoms with Crippen LogP contribution in [0.5, 0.6) is 23.0 Å². The van der Waals surface area contributed by atoms with Crippen LogP contribution in [0.3, 0.4) is 0 Å². The first kappa shape index (κ1) is 23.2. The summed E-state index contributed by atoms with van der Waals surface area (Å²) in [6.07, 6.45) is 0. The first-order valence-electron chi connectivity index (χ1n) is 9.56. The Balaban J connectivity index is 2.03. The number of hydrogen-bond donors (Lipinski definition) is 0. The van der Waals surface area contributed by atoms with Gasteiger partial charge in [-0.15, -0.1) is 10.2 Å². The van der Waals surface area contributed by atoms with E-state index in [1.165, 1.54) is 33.1 Å². The van der Waals surface area contributed by atoms with Crippen LogP contribution in [0.15, 0.2) is 41.6 Å². The Kier molecular flexibility index (Phi) is 7.41.